The molecule has 0 radical (unpaired) electrons. The van der Waals surface area contributed by atoms with Crippen molar-refractivity contribution in [2.45, 2.75) is 6.54 Å². The molecular formula is C12H13BrN4OS. The van der Waals surface area contributed by atoms with Crippen LogP contribution >= 0.6 is 27.3 Å². The van der Waals surface area contributed by atoms with Crippen LogP contribution in [0.4, 0.5) is 5.69 Å². The van der Waals surface area contributed by atoms with E-state index in [1.54, 1.807) is 35.5 Å². The molecule has 0 unspecified atom stereocenters. The van der Waals surface area contributed by atoms with Gasteiger partial charge in [-0.25, -0.2) is 0 Å². The van der Waals surface area contributed by atoms with Crippen molar-refractivity contribution in [1.82, 2.24) is 9.88 Å². The maximum atomic E-state index is 12.3. The average molecular weight is 341 g/mol. The Morgan fingerprint density at radius 1 is 1.63 bits per heavy atom. The summed E-state index contributed by atoms with van der Waals surface area (Å²) in [6.45, 7) is 0.557. The fourth-order valence-electron chi connectivity index (χ4n) is 1.64. The smallest absolute Gasteiger partial charge is 0.256 e. The van der Waals surface area contributed by atoms with E-state index >= 15 is 0 Å². The van der Waals surface area contributed by atoms with Gasteiger partial charge in [-0.2, -0.15) is 0 Å². The fraction of sp³-hybridized carbons (Fsp3) is 0.167. The average Bonchev–Trinajstić information content (AvgIpc) is 2.83. The van der Waals surface area contributed by atoms with E-state index in [-0.39, 0.29) is 5.91 Å². The van der Waals surface area contributed by atoms with Crippen molar-refractivity contribution < 1.29 is 4.79 Å². The van der Waals surface area contributed by atoms with Crippen molar-refractivity contribution in [2.24, 2.45) is 5.84 Å². The molecule has 0 fully saturated rings. The van der Waals surface area contributed by atoms with E-state index in [0.29, 0.717) is 17.8 Å². The monoisotopic (exact) mass is 340 g/mol. The molecule has 0 aliphatic carbocycles. The number of nitrogens with two attached hydrogens (primary N) is 1. The minimum Gasteiger partial charge on any atom is -0.336 e. The molecule has 0 spiro atoms. The molecule has 0 aliphatic heterocycles. The molecule has 2 rings (SSSR count). The molecule has 1 amide bonds. The van der Waals surface area contributed by atoms with Crippen molar-refractivity contribution >= 4 is 38.9 Å². The molecule has 2 aromatic rings. The number of nitrogens with zero attached hydrogens (tertiary/aromatic N) is 2. The fourth-order valence-corrected chi connectivity index (χ4v) is 3.15. The largest absolute Gasteiger partial charge is 0.336 e. The Bertz CT molecular complexity index is 587. The van der Waals surface area contributed by atoms with Gasteiger partial charge in [0.25, 0.3) is 5.91 Å². The maximum absolute atomic E-state index is 12.3. The number of hydrazine groups is 1. The first kappa shape index (κ1) is 14.0. The van der Waals surface area contributed by atoms with Crippen LogP contribution in [-0.2, 0) is 6.54 Å². The third-order valence-electron chi connectivity index (χ3n) is 2.57. The highest BCUT2D eigenvalue weighted by Gasteiger charge is 2.16. The van der Waals surface area contributed by atoms with E-state index in [9.17, 15) is 4.79 Å². The lowest BCUT2D eigenvalue weighted by Crippen LogP contribution is -2.27. The number of anilines is 1. The Morgan fingerprint density at radius 2 is 2.42 bits per heavy atom. The number of carbonyl (C=O) groups excluding carboxylic acids is 1. The van der Waals surface area contributed by atoms with Gasteiger partial charge in [0, 0.05) is 28.0 Å². The quantitative estimate of drug-likeness (QED) is 0.662. The zero-order chi connectivity index (χ0) is 13.8. The van der Waals surface area contributed by atoms with Gasteiger partial charge in [0.1, 0.15) is 0 Å². The molecular weight excluding hydrogens is 328 g/mol. The topological polar surface area (TPSA) is 71.2 Å². The summed E-state index contributed by atoms with van der Waals surface area (Å²) in [5.74, 6) is 5.28. The standard InChI is InChI=1S/C12H13BrN4OS/c1-17(6-9-4-8(13)7-19-9)12(18)10-2-3-15-5-11(10)16-14/h2-5,7,16H,6,14H2,1H3. The van der Waals surface area contributed by atoms with Crippen LogP contribution in [0.5, 0.6) is 0 Å². The molecule has 0 saturated heterocycles. The number of rotatable bonds is 4. The van der Waals surface area contributed by atoms with E-state index in [0.717, 1.165) is 9.35 Å². The van der Waals surface area contributed by atoms with Gasteiger partial charge in [-0.15, -0.1) is 11.3 Å². The van der Waals surface area contributed by atoms with Gasteiger partial charge in [0.2, 0.25) is 0 Å². The highest BCUT2D eigenvalue weighted by atomic mass is 79.9. The summed E-state index contributed by atoms with van der Waals surface area (Å²) >= 11 is 5.01. The second-order valence-corrected chi connectivity index (χ2v) is 5.87. The number of halogens is 1. The Labute approximate surface area is 123 Å². The first-order valence-corrected chi connectivity index (χ1v) is 7.18. The van der Waals surface area contributed by atoms with Crippen LogP contribution < -0.4 is 11.3 Å². The first-order valence-electron chi connectivity index (χ1n) is 5.51. The van der Waals surface area contributed by atoms with Gasteiger partial charge in [-0.1, -0.05) is 0 Å². The van der Waals surface area contributed by atoms with E-state index in [1.165, 1.54) is 6.20 Å². The zero-order valence-electron chi connectivity index (χ0n) is 10.3. The molecule has 0 saturated carbocycles. The number of pyridine rings is 1. The van der Waals surface area contributed by atoms with Gasteiger partial charge in [0.15, 0.2) is 0 Å². The van der Waals surface area contributed by atoms with Gasteiger partial charge in [0.05, 0.1) is 24.0 Å². The molecule has 3 N–H and O–H groups in total. The molecule has 0 atom stereocenters. The third kappa shape index (κ3) is 3.31. The van der Waals surface area contributed by atoms with E-state index in [1.807, 2.05) is 11.4 Å². The Kier molecular flexibility index (Phi) is 4.52. The number of nitrogens with one attached hydrogen (secondary N) is 1. The number of nitrogen functional groups attached to an aromatic ring is 1. The lowest BCUT2D eigenvalue weighted by Gasteiger charge is -2.17. The van der Waals surface area contributed by atoms with E-state index < -0.39 is 0 Å². The van der Waals surface area contributed by atoms with Crippen LogP contribution in [0.15, 0.2) is 34.4 Å². The molecule has 100 valence electrons. The summed E-state index contributed by atoms with van der Waals surface area (Å²) in [5.41, 5.74) is 3.51. The van der Waals surface area contributed by atoms with Crippen LogP contribution in [0.1, 0.15) is 15.2 Å². The summed E-state index contributed by atoms with van der Waals surface area (Å²) in [5, 5.41) is 1.99. The number of aromatic nitrogens is 1. The van der Waals surface area contributed by atoms with Gasteiger partial charge in [-0.3, -0.25) is 15.6 Å². The minimum absolute atomic E-state index is 0.0973. The normalized spacial score (nSPS) is 10.3. The van der Waals surface area contributed by atoms with Crippen molar-refractivity contribution in [3.05, 3.63) is 44.8 Å². The SMILES string of the molecule is CN(Cc1cc(Br)cs1)C(=O)c1ccncc1NN. The maximum Gasteiger partial charge on any atom is 0.256 e. The Morgan fingerprint density at radius 3 is 3.05 bits per heavy atom. The van der Waals surface area contributed by atoms with Gasteiger partial charge >= 0.3 is 0 Å². The molecule has 5 nitrogen and oxygen atoms in total. The predicted octanol–water partition coefficient (Wildman–Crippen LogP) is 2.46. The third-order valence-corrected chi connectivity index (χ3v) is 4.25. The van der Waals surface area contributed by atoms with Crippen LogP contribution in [0.3, 0.4) is 0 Å². The number of thiophene rings is 1. The number of amides is 1. The molecule has 7 heteroatoms. The van der Waals surface area contributed by atoms with Gasteiger partial charge < -0.3 is 10.3 Å². The van der Waals surface area contributed by atoms with E-state index in [2.05, 4.69) is 26.3 Å². The highest BCUT2D eigenvalue weighted by Crippen LogP contribution is 2.22. The lowest BCUT2D eigenvalue weighted by atomic mass is 10.2. The number of hydrogen-bond donors (Lipinski definition) is 2. The first-order chi connectivity index (χ1) is 9.11. The Hall–Kier alpha value is -1.44. The second-order valence-electron chi connectivity index (χ2n) is 3.96. The molecule has 0 bridgehead atoms. The highest BCUT2D eigenvalue weighted by molar-refractivity contribution is 9.10. The van der Waals surface area contributed by atoms with Crippen molar-refractivity contribution in [1.29, 1.82) is 0 Å². The lowest BCUT2D eigenvalue weighted by molar-refractivity contribution is 0.0787. The summed E-state index contributed by atoms with van der Waals surface area (Å²) in [6, 6.07) is 3.65. The second kappa shape index (κ2) is 6.14. The van der Waals surface area contributed by atoms with Crippen LogP contribution in [0, 0.1) is 0 Å². The predicted molar refractivity (Wildman–Crippen MR) is 79.9 cm³/mol. The van der Waals surface area contributed by atoms with Gasteiger partial charge in [-0.05, 0) is 28.1 Å². The molecule has 0 aromatic carbocycles. The number of hydrogen-bond acceptors (Lipinski definition) is 5. The summed E-state index contributed by atoms with van der Waals surface area (Å²) in [4.78, 5) is 19.0. The molecule has 19 heavy (non-hydrogen) atoms. The number of carbonyl (C=O) groups is 1. The van der Waals surface area contributed by atoms with E-state index in [4.69, 9.17) is 5.84 Å². The summed E-state index contributed by atoms with van der Waals surface area (Å²) < 4.78 is 1.03. The van der Waals surface area contributed by atoms with Crippen LogP contribution in [0.2, 0.25) is 0 Å². The van der Waals surface area contributed by atoms with Crippen molar-refractivity contribution in [2.75, 3.05) is 12.5 Å². The summed E-state index contributed by atoms with van der Waals surface area (Å²) in [7, 11) is 1.76. The minimum atomic E-state index is -0.0973. The van der Waals surface area contributed by atoms with Crippen LogP contribution in [0.25, 0.3) is 0 Å². The van der Waals surface area contributed by atoms with Crippen molar-refractivity contribution in [3.8, 4) is 0 Å². The molecule has 0 aliphatic rings. The Balaban J connectivity index is 2.14. The van der Waals surface area contributed by atoms with Crippen molar-refractivity contribution in [3.63, 3.8) is 0 Å². The molecule has 2 aromatic heterocycles. The molecule has 2 heterocycles. The summed E-state index contributed by atoms with van der Waals surface area (Å²) in [6.07, 6.45) is 3.10. The zero-order valence-corrected chi connectivity index (χ0v) is 12.7. The van der Waals surface area contributed by atoms with Crippen LogP contribution in [-0.4, -0.2) is 22.8 Å².